The maximum absolute atomic E-state index is 11.7. The van der Waals surface area contributed by atoms with Gasteiger partial charge in [-0.3, -0.25) is 4.90 Å². The van der Waals surface area contributed by atoms with Crippen molar-refractivity contribution >= 4 is 11.8 Å². The molecule has 4 aliphatic rings. The molecule has 4 fully saturated rings. The number of rotatable bonds is 4. The van der Waals surface area contributed by atoms with E-state index in [1.807, 2.05) is 12.1 Å². The maximum atomic E-state index is 11.7. The number of benzene rings is 1. The third kappa shape index (κ3) is 2.25. The number of carbonyl (C=O) groups excluding carboxylic acids is 1. The smallest absolute Gasteiger partial charge is 0.414 e. The van der Waals surface area contributed by atoms with Gasteiger partial charge in [-0.15, -0.1) is 0 Å². The van der Waals surface area contributed by atoms with Crippen molar-refractivity contribution in [2.75, 3.05) is 24.7 Å². The highest BCUT2D eigenvalue weighted by Crippen LogP contribution is 2.63. The quantitative estimate of drug-likeness (QED) is 0.912. The number of hydrogen-bond donors (Lipinski definition) is 1. The van der Waals surface area contributed by atoms with Gasteiger partial charge in [0.25, 0.3) is 0 Å². The molecule has 134 valence electrons. The molecule has 4 atom stereocenters. The second kappa shape index (κ2) is 5.71. The normalized spacial score (nSPS) is 33.6. The lowest BCUT2D eigenvalue weighted by atomic mass is 9.46. The Hall–Kier alpha value is -1.59. The van der Waals surface area contributed by atoms with Crippen LogP contribution >= 0.6 is 0 Å². The third-order valence-electron chi connectivity index (χ3n) is 6.93. The summed E-state index contributed by atoms with van der Waals surface area (Å²) in [5.41, 5.74) is 2.60. The number of carbonyl (C=O) groups is 1. The molecule has 0 radical (unpaired) electrons. The number of anilines is 1. The fourth-order valence-corrected chi connectivity index (χ4v) is 5.43. The monoisotopic (exact) mass is 342 g/mol. The van der Waals surface area contributed by atoms with Crippen molar-refractivity contribution in [1.29, 1.82) is 0 Å². The van der Waals surface area contributed by atoms with Crippen LogP contribution in [-0.2, 0) is 9.47 Å². The Labute approximate surface area is 148 Å². The zero-order chi connectivity index (χ0) is 17.0. The van der Waals surface area contributed by atoms with Crippen molar-refractivity contribution < 1.29 is 14.3 Å². The maximum Gasteiger partial charge on any atom is 0.414 e. The van der Waals surface area contributed by atoms with Crippen molar-refractivity contribution in [3.63, 3.8) is 0 Å². The number of ether oxygens (including phenoxy) is 2. The fourth-order valence-electron chi connectivity index (χ4n) is 5.43. The molecule has 2 heterocycles. The first-order valence-corrected chi connectivity index (χ1v) is 9.61. The molecule has 2 saturated heterocycles. The highest BCUT2D eigenvalue weighted by molar-refractivity contribution is 5.89. The summed E-state index contributed by atoms with van der Waals surface area (Å²) < 4.78 is 11.0. The summed E-state index contributed by atoms with van der Waals surface area (Å²) >= 11 is 0. The third-order valence-corrected chi connectivity index (χ3v) is 6.93. The van der Waals surface area contributed by atoms with Gasteiger partial charge in [-0.25, -0.2) is 4.79 Å². The van der Waals surface area contributed by atoms with Crippen molar-refractivity contribution in [2.24, 2.45) is 11.3 Å². The molecule has 1 amide bonds. The minimum Gasteiger partial charge on any atom is -0.447 e. The van der Waals surface area contributed by atoms with Gasteiger partial charge in [0.05, 0.1) is 12.6 Å². The zero-order valence-electron chi connectivity index (χ0n) is 14.7. The first kappa shape index (κ1) is 15.6. The molecular formula is C20H26N2O3. The van der Waals surface area contributed by atoms with Crippen LogP contribution in [0.5, 0.6) is 0 Å². The van der Waals surface area contributed by atoms with Crippen LogP contribution in [0, 0.1) is 11.3 Å². The van der Waals surface area contributed by atoms with Gasteiger partial charge in [0, 0.05) is 35.7 Å². The van der Waals surface area contributed by atoms with Crippen molar-refractivity contribution in [2.45, 2.75) is 50.8 Å². The molecule has 2 aliphatic carbocycles. The Morgan fingerprint density at radius 3 is 2.68 bits per heavy atom. The molecule has 0 bridgehead atoms. The summed E-state index contributed by atoms with van der Waals surface area (Å²) in [6.07, 6.45) is 5.44. The zero-order valence-corrected chi connectivity index (χ0v) is 14.7. The minimum atomic E-state index is -0.243. The molecule has 1 spiro atoms. The van der Waals surface area contributed by atoms with E-state index in [2.05, 4.69) is 24.4 Å². The van der Waals surface area contributed by atoms with Crippen molar-refractivity contribution in [3.05, 3.63) is 29.8 Å². The number of hydrogen-bond acceptors (Lipinski definition) is 4. The number of nitrogens with one attached hydrogen (secondary N) is 1. The Balaban J connectivity index is 1.28. The molecule has 0 aromatic heterocycles. The van der Waals surface area contributed by atoms with Crippen molar-refractivity contribution in [1.82, 2.24) is 5.32 Å². The summed E-state index contributed by atoms with van der Waals surface area (Å²) in [6.45, 7) is 4.30. The number of nitrogens with zero attached hydrogens (tertiary/aromatic N) is 1. The SMILES string of the molecule is CC(NC1C2CCOC2C12CCC2)c1ccc(N2CCOC2=O)cc1. The van der Waals surface area contributed by atoms with Crippen LogP contribution in [-0.4, -0.2) is 38.0 Å². The first-order valence-electron chi connectivity index (χ1n) is 9.61. The van der Waals surface area contributed by atoms with Crippen LogP contribution in [0.3, 0.4) is 0 Å². The molecule has 5 rings (SSSR count). The summed E-state index contributed by atoms with van der Waals surface area (Å²) in [6, 6.07) is 9.23. The highest BCUT2D eigenvalue weighted by atomic mass is 16.6. The van der Waals surface area contributed by atoms with Gasteiger partial charge >= 0.3 is 6.09 Å². The Morgan fingerprint density at radius 1 is 1.24 bits per heavy atom. The average molecular weight is 342 g/mol. The molecule has 2 aliphatic heterocycles. The molecule has 1 aromatic carbocycles. The van der Waals surface area contributed by atoms with Gasteiger partial charge < -0.3 is 14.8 Å². The lowest BCUT2D eigenvalue weighted by Gasteiger charge is -2.64. The summed E-state index contributed by atoms with van der Waals surface area (Å²) in [5.74, 6) is 0.696. The molecular weight excluding hydrogens is 316 g/mol. The topological polar surface area (TPSA) is 50.8 Å². The largest absolute Gasteiger partial charge is 0.447 e. The molecule has 2 saturated carbocycles. The second-order valence-electron chi connectivity index (χ2n) is 8.05. The summed E-state index contributed by atoms with van der Waals surface area (Å²) in [4.78, 5) is 13.4. The van der Waals surface area contributed by atoms with Crippen LogP contribution < -0.4 is 10.2 Å². The molecule has 4 unspecified atom stereocenters. The predicted molar refractivity (Wildman–Crippen MR) is 94.6 cm³/mol. The van der Waals surface area contributed by atoms with Crippen LogP contribution in [0.1, 0.15) is 44.2 Å². The fraction of sp³-hybridized carbons (Fsp3) is 0.650. The van der Waals surface area contributed by atoms with Gasteiger partial charge in [0.2, 0.25) is 0 Å². The number of amides is 1. The van der Waals surface area contributed by atoms with Crippen molar-refractivity contribution in [3.8, 4) is 0 Å². The molecule has 25 heavy (non-hydrogen) atoms. The number of fused-ring (bicyclic) bond motifs is 2. The Kier molecular flexibility index (Phi) is 3.57. The molecule has 5 nitrogen and oxygen atoms in total. The van der Waals surface area contributed by atoms with E-state index >= 15 is 0 Å². The van der Waals surface area contributed by atoms with Crippen LogP contribution in [0.4, 0.5) is 10.5 Å². The van der Waals surface area contributed by atoms with Gasteiger partial charge in [-0.2, -0.15) is 0 Å². The summed E-state index contributed by atoms with van der Waals surface area (Å²) in [7, 11) is 0. The van der Waals surface area contributed by atoms with Gasteiger partial charge in [0.15, 0.2) is 0 Å². The van der Waals surface area contributed by atoms with Crippen LogP contribution in [0.25, 0.3) is 0 Å². The van der Waals surface area contributed by atoms with E-state index in [1.165, 1.54) is 31.2 Å². The molecule has 1 N–H and O–H groups in total. The minimum absolute atomic E-state index is 0.243. The lowest BCUT2D eigenvalue weighted by Crippen LogP contribution is -2.71. The van der Waals surface area contributed by atoms with Crippen LogP contribution in [0.2, 0.25) is 0 Å². The van der Waals surface area contributed by atoms with E-state index in [0.717, 1.165) is 12.3 Å². The van der Waals surface area contributed by atoms with Gasteiger partial charge in [-0.05, 0) is 43.9 Å². The first-order chi connectivity index (χ1) is 12.2. The lowest BCUT2D eigenvalue weighted by molar-refractivity contribution is -0.178. The summed E-state index contributed by atoms with van der Waals surface area (Å²) in [5, 5.41) is 3.91. The van der Waals surface area contributed by atoms with Crippen LogP contribution in [0.15, 0.2) is 24.3 Å². The van der Waals surface area contributed by atoms with E-state index in [0.29, 0.717) is 42.7 Å². The van der Waals surface area contributed by atoms with E-state index in [9.17, 15) is 4.79 Å². The predicted octanol–water partition coefficient (Wildman–Crippen LogP) is 3.25. The van der Waals surface area contributed by atoms with Gasteiger partial charge in [0.1, 0.15) is 6.61 Å². The highest BCUT2D eigenvalue weighted by Gasteiger charge is 2.66. The van der Waals surface area contributed by atoms with Gasteiger partial charge in [-0.1, -0.05) is 18.6 Å². The molecule has 1 aromatic rings. The Bertz CT molecular complexity index is 670. The second-order valence-corrected chi connectivity index (χ2v) is 8.05. The number of cyclic esters (lactones) is 1. The van der Waals surface area contributed by atoms with E-state index in [-0.39, 0.29) is 6.09 Å². The molecule has 5 heteroatoms. The van der Waals surface area contributed by atoms with E-state index in [4.69, 9.17) is 9.47 Å². The van der Waals surface area contributed by atoms with E-state index in [1.54, 1.807) is 4.90 Å². The Morgan fingerprint density at radius 2 is 2.04 bits per heavy atom. The van der Waals surface area contributed by atoms with E-state index < -0.39 is 0 Å². The average Bonchev–Trinajstić information content (AvgIpc) is 3.19. The standard InChI is InChI=1S/C20H26N2O3/c1-13(14-3-5-15(6-4-14)22-10-12-25-19(22)23)21-17-16-7-11-24-18(16)20(17)8-2-9-20/h3-6,13,16-18,21H,2,7-12H2,1H3.